The van der Waals surface area contributed by atoms with E-state index >= 15 is 0 Å². The molecule has 2 heterocycles. The molecular formula is C30H43FN4O4S. The number of alkyl halides is 1. The summed E-state index contributed by atoms with van der Waals surface area (Å²) < 4.78 is 12.5. The number of aliphatic hydroxyl groups is 1. The minimum atomic E-state index is -0.894. The number of amides is 3. The predicted molar refractivity (Wildman–Crippen MR) is 155 cm³/mol. The number of β-amino-alcohol motifs (C(OH)–C–C–N with tert-alkyl or cyclic N) is 1. The second-order valence-corrected chi connectivity index (χ2v) is 12.9. The highest BCUT2D eigenvalue weighted by molar-refractivity contribution is 7.13. The Morgan fingerprint density at radius 3 is 2.38 bits per heavy atom. The van der Waals surface area contributed by atoms with Crippen molar-refractivity contribution in [1.82, 2.24) is 20.5 Å². The van der Waals surface area contributed by atoms with Gasteiger partial charge in [0, 0.05) is 19.4 Å². The van der Waals surface area contributed by atoms with Crippen molar-refractivity contribution in [3.63, 3.8) is 0 Å². The highest BCUT2D eigenvalue weighted by Crippen LogP contribution is 2.31. The molecule has 3 amide bonds. The van der Waals surface area contributed by atoms with Gasteiger partial charge in [-0.15, -0.1) is 11.3 Å². The van der Waals surface area contributed by atoms with Crippen molar-refractivity contribution in [1.29, 1.82) is 0 Å². The number of aromatic nitrogens is 1. The van der Waals surface area contributed by atoms with Crippen molar-refractivity contribution < 1.29 is 23.9 Å². The highest BCUT2D eigenvalue weighted by atomic mass is 32.1. The molecule has 0 radical (unpaired) electrons. The van der Waals surface area contributed by atoms with E-state index < -0.39 is 36.2 Å². The standard InChI is InChI=1S/C30H43FN4O4S/c1-18(2)25(20-10-12-21(13-11-20)26-19(3)32-17-40-26)34-28(38)23-15-22(36)16-35(23)29(39)27(30(4,5)6)33-24(37)9-7-8-14-31/h10-13,17-18,22-23,25,27,36H,7-9,14-16H2,1-6H3,(H,33,37)(H,34,38)/t22-,23+,25-,27-/m1/s1. The molecule has 1 fully saturated rings. The van der Waals surface area contributed by atoms with Gasteiger partial charge in [0.05, 0.1) is 34.9 Å². The molecule has 1 aliphatic rings. The van der Waals surface area contributed by atoms with Gasteiger partial charge in [0.15, 0.2) is 0 Å². The first-order valence-corrected chi connectivity index (χ1v) is 14.9. The summed E-state index contributed by atoms with van der Waals surface area (Å²) in [6.45, 7) is 11.0. The molecule has 0 aliphatic carbocycles. The van der Waals surface area contributed by atoms with Gasteiger partial charge in [0.25, 0.3) is 0 Å². The molecule has 1 aromatic carbocycles. The Morgan fingerprint density at radius 2 is 1.82 bits per heavy atom. The van der Waals surface area contributed by atoms with Crippen LogP contribution in [0.1, 0.15) is 77.6 Å². The summed E-state index contributed by atoms with van der Waals surface area (Å²) in [5.41, 5.74) is 4.16. The number of nitrogens with zero attached hydrogens (tertiary/aromatic N) is 2. The number of nitrogens with one attached hydrogen (secondary N) is 2. The quantitative estimate of drug-likeness (QED) is 0.341. The molecular weight excluding hydrogens is 531 g/mol. The third-order valence-electron chi connectivity index (χ3n) is 7.31. The van der Waals surface area contributed by atoms with Crippen LogP contribution in [0.2, 0.25) is 0 Å². The average molecular weight is 575 g/mol. The van der Waals surface area contributed by atoms with Crippen molar-refractivity contribution in [3.8, 4) is 10.4 Å². The zero-order valence-electron chi connectivity index (χ0n) is 24.4. The van der Waals surface area contributed by atoms with E-state index in [4.69, 9.17) is 0 Å². The van der Waals surface area contributed by atoms with E-state index in [2.05, 4.69) is 15.6 Å². The summed E-state index contributed by atoms with van der Waals surface area (Å²) in [6.07, 6.45) is 0.0655. The van der Waals surface area contributed by atoms with Crippen LogP contribution in [0.3, 0.4) is 0 Å². The predicted octanol–water partition coefficient (Wildman–Crippen LogP) is 4.56. The number of unbranched alkanes of at least 4 members (excludes halogenated alkanes) is 1. The van der Waals surface area contributed by atoms with Gasteiger partial charge in [-0.3, -0.25) is 18.8 Å². The van der Waals surface area contributed by atoms with Crippen molar-refractivity contribution >= 4 is 29.1 Å². The number of likely N-dealkylation sites (tertiary alicyclic amines) is 1. The van der Waals surface area contributed by atoms with Crippen LogP contribution in [0, 0.1) is 18.3 Å². The van der Waals surface area contributed by atoms with E-state index in [1.807, 2.05) is 71.3 Å². The lowest BCUT2D eigenvalue weighted by molar-refractivity contribution is -0.144. The number of aliphatic hydroxyl groups excluding tert-OH is 1. The van der Waals surface area contributed by atoms with Gasteiger partial charge in [-0.25, -0.2) is 4.98 Å². The number of thiazole rings is 1. The summed E-state index contributed by atoms with van der Waals surface area (Å²) in [4.78, 5) is 46.7. The smallest absolute Gasteiger partial charge is 0.246 e. The molecule has 1 aliphatic heterocycles. The first-order chi connectivity index (χ1) is 18.8. The molecule has 1 aromatic heterocycles. The maximum Gasteiger partial charge on any atom is 0.246 e. The summed E-state index contributed by atoms with van der Waals surface area (Å²) in [5.74, 6) is -1.01. The topological polar surface area (TPSA) is 112 Å². The molecule has 0 unspecified atom stereocenters. The third-order valence-corrected chi connectivity index (χ3v) is 8.29. The first-order valence-electron chi connectivity index (χ1n) is 14.0. The number of carbonyl (C=O) groups excluding carboxylic acids is 3. The lowest BCUT2D eigenvalue weighted by atomic mass is 9.85. The van der Waals surface area contributed by atoms with Crippen molar-refractivity contribution in [2.45, 2.75) is 91.5 Å². The lowest BCUT2D eigenvalue weighted by Gasteiger charge is -2.36. The molecule has 0 saturated carbocycles. The van der Waals surface area contributed by atoms with Crippen LogP contribution < -0.4 is 10.6 Å². The Hall–Kier alpha value is -2.85. The van der Waals surface area contributed by atoms with Crippen LogP contribution in [0.4, 0.5) is 4.39 Å². The summed E-state index contributed by atoms with van der Waals surface area (Å²) in [6, 6.07) is 5.99. The summed E-state index contributed by atoms with van der Waals surface area (Å²) in [5, 5.41) is 16.4. The van der Waals surface area contributed by atoms with Gasteiger partial charge in [0.2, 0.25) is 17.7 Å². The number of rotatable bonds is 11. The fraction of sp³-hybridized carbons (Fsp3) is 0.600. The van der Waals surface area contributed by atoms with Crippen LogP contribution in [0.15, 0.2) is 29.8 Å². The van der Waals surface area contributed by atoms with E-state index in [0.717, 1.165) is 21.7 Å². The highest BCUT2D eigenvalue weighted by Gasteiger charge is 2.44. The number of halogens is 1. The molecule has 3 N–H and O–H groups in total. The molecule has 40 heavy (non-hydrogen) atoms. The Kier molecular flexibility index (Phi) is 10.8. The summed E-state index contributed by atoms with van der Waals surface area (Å²) >= 11 is 1.58. The molecule has 10 heteroatoms. The lowest BCUT2D eigenvalue weighted by Crippen LogP contribution is -2.58. The SMILES string of the molecule is Cc1ncsc1-c1ccc([C@H](NC(=O)[C@@H]2C[C@@H](O)CN2C(=O)[C@@H](NC(=O)CCCCF)C(C)(C)C)C(C)C)cc1. The molecule has 220 valence electrons. The van der Waals surface area contributed by atoms with Crippen molar-refractivity contribution in [3.05, 3.63) is 41.0 Å². The van der Waals surface area contributed by atoms with E-state index in [9.17, 15) is 23.9 Å². The van der Waals surface area contributed by atoms with Gasteiger partial charge in [-0.05, 0) is 42.2 Å². The molecule has 8 nitrogen and oxygen atoms in total. The zero-order chi connectivity index (χ0) is 29.6. The Balaban J connectivity index is 1.77. The molecule has 0 bridgehead atoms. The minimum absolute atomic E-state index is 0.0104. The maximum atomic E-state index is 13.7. The molecule has 2 aromatic rings. The maximum absolute atomic E-state index is 13.7. The number of carbonyl (C=O) groups is 3. The molecule has 0 spiro atoms. The fourth-order valence-corrected chi connectivity index (χ4v) is 5.85. The van der Waals surface area contributed by atoms with Crippen molar-refractivity contribution in [2.24, 2.45) is 11.3 Å². The number of aryl methyl sites for hydroxylation is 1. The third kappa shape index (κ3) is 7.87. The van der Waals surface area contributed by atoms with Gasteiger partial charge >= 0.3 is 0 Å². The van der Waals surface area contributed by atoms with Crippen LogP contribution in [0.25, 0.3) is 10.4 Å². The van der Waals surface area contributed by atoms with E-state index in [-0.39, 0.29) is 49.6 Å². The fourth-order valence-electron chi connectivity index (χ4n) is 5.04. The van der Waals surface area contributed by atoms with E-state index in [1.54, 1.807) is 11.3 Å². The van der Waals surface area contributed by atoms with Gasteiger partial charge in [0.1, 0.15) is 12.1 Å². The van der Waals surface area contributed by atoms with Crippen molar-refractivity contribution in [2.75, 3.05) is 13.2 Å². The number of benzene rings is 1. The number of hydrogen-bond acceptors (Lipinski definition) is 6. The second kappa shape index (κ2) is 13.7. The largest absolute Gasteiger partial charge is 0.391 e. The van der Waals surface area contributed by atoms with Crippen LogP contribution in [-0.2, 0) is 14.4 Å². The van der Waals surface area contributed by atoms with Crippen LogP contribution in [-0.4, -0.2) is 64.1 Å². The van der Waals surface area contributed by atoms with Crippen LogP contribution >= 0.6 is 11.3 Å². The van der Waals surface area contributed by atoms with Crippen LogP contribution in [0.5, 0.6) is 0 Å². The number of hydrogen-bond donors (Lipinski definition) is 3. The second-order valence-electron chi connectivity index (χ2n) is 12.0. The Bertz CT molecular complexity index is 1160. The zero-order valence-corrected chi connectivity index (χ0v) is 25.2. The normalized spacial score (nSPS) is 19.0. The van der Waals surface area contributed by atoms with Gasteiger partial charge < -0.3 is 20.6 Å². The van der Waals surface area contributed by atoms with E-state index in [0.29, 0.717) is 6.42 Å². The Morgan fingerprint density at radius 1 is 1.15 bits per heavy atom. The average Bonchev–Trinajstić information content (AvgIpc) is 3.50. The van der Waals surface area contributed by atoms with E-state index in [1.165, 1.54) is 4.90 Å². The van der Waals surface area contributed by atoms with Gasteiger partial charge in [-0.1, -0.05) is 58.9 Å². The molecule has 3 rings (SSSR count). The minimum Gasteiger partial charge on any atom is -0.391 e. The molecule has 4 atom stereocenters. The van der Waals surface area contributed by atoms with Gasteiger partial charge in [-0.2, -0.15) is 0 Å². The summed E-state index contributed by atoms with van der Waals surface area (Å²) in [7, 11) is 0. The monoisotopic (exact) mass is 574 g/mol. The first kappa shape index (κ1) is 31.7. The molecule has 1 saturated heterocycles. The Labute approximate surface area is 240 Å².